The van der Waals surface area contributed by atoms with E-state index in [1.54, 1.807) is 42.3 Å². The summed E-state index contributed by atoms with van der Waals surface area (Å²) in [5.74, 6) is 0.421. The Morgan fingerprint density at radius 2 is 1.70 bits per heavy atom. The molecule has 0 bridgehead atoms. The van der Waals surface area contributed by atoms with E-state index in [1.807, 2.05) is 26.0 Å². The number of hydrogen-bond acceptors (Lipinski definition) is 3. The van der Waals surface area contributed by atoms with Gasteiger partial charge in [-0.1, -0.05) is 39.8 Å². The van der Waals surface area contributed by atoms with Gasteiger partial charge in [0.2, 0.25) is 5.91 Å². The van der Waals surface area contributed by atoms with Gasteiger partial charge in [-0.25, -0.2) is 8.42 Å². The van der Waals surface area contributed by atoms with Crippen molar-refractivity contribution in [2.45, 2.75) is 50.3 Å². The fraction of sp³-hybridized carbons (Fsp3) is 0.381. The maximum Gasteiger partial charge on any atom is 0.261 e. The van der Waals surface area contributed by atoms with E-state index in [-0.39, 0.29) is 10.8 Å². The largest absolute Gasteiger partial charge is 0.315 e. The Kier molecular flexibility index (Phi) is 4.80. The Balaban J connectivity index is 1.95. The van der Waals surface area contributed by atoms with Crippen LogP contribution in [0.1, 0.15) is 51.2 Å². The summed E-state index contributed by atoms with van der Waals surface area (Å²) in [6.45, 7) is 8.11. The number of carbonyl (C=O) groups excluding carboxylic acids is 1. The first-order valence-corrected chi connectivity index (χ1v) is 10.5. The van der Waals surface area contributed by atoms with E-state index in [2.05, 4.69) is 18.6 Å². The SMILES string of the molecule is CC(C)c1ccc(NS(=O)(=O)c2ccc3c(c2)C(C)(C)CC(=O)N3C)cc1. The third kappa shape index (κ3) is 3.72. The van der Waals surface area contributed by atoms with Crippen molar-refractivity contribution >= 4 is 27.3 Å². The molecule has 0 unspecified atom stereocenters. The number of fused-ring (bicyclic) bond motifs is 1. The van der Waals surface area contributed by atoms with Crippen LogP contribution in [0.3, 0.4) is 0 Å². The van der Waals surface area contributed by atoms with Gasteiger partial charge in [-0.15, -0.1) is 0 Å². The monoisotopic (exact) mass is 386 g/mol. The molecule has 1 aliphatic heterocycles. The van der Waals surface area contributed by atoms with E-state index in [0.29, 0.717) is 18.0 Å². The van der Waals surface area contributed by atoms with Crippen LogP contribution in [-0.4, -0.2) is 21.4 Å². The summed E-state index contributed by atoms with van der Waals surface area (Å²) < 4.78 is 28.4. The lowest BCUT2D eigenvalue weighted by Gasteiger charge is -2.37. The topological polar surface area (TPSA) is 66.5 Å². The summed E-state index contributed by atoms with van der Waals surface area (Å²) >= 11 is 0. The molecule has 0 aromatic heterocycles. The first kappa shape index (κ1) is 19.4. The summed E-state index contributed by atoms with van der Waals surface area (Å²) in [6, 6.07) is 12.4. The Morgan fingerprint density at radius 3 is 2.30 bits per heavy atom. The first-order chi connectivity index (χ1) is 12.5. The second kappa shape index (κ2) is 6.68. The second-order valence-corrected chi connectivity index (χ2v) is 9.76. The van der Waals surface area contributed by atoms with E-state index >= 15 is 0 Å². The van der Waals surface area contributed by atoms with Crippen molar-refractivity contribution in [1.29, 1.82) is 0 Å². The van der Waals surface area contributed by atoms with Crippen molar-refractivity contribution < 1.29 is 13.2 Å². The van der Waals surface area contributed by atoms with Crippen molar-refractivity contribution in [1.82, 2.24) is 0 Å². The van der Waals surface area contributed by atoms with E-state index in [9.17, 15) is 13.2 Å². The standard InChI is InChI=1S/C21H26N2O3S/c1-14(2)15-6-8-16(9-7-15)22-27(25,26)17-10-11-19-18(12-17)21(3,4)13-20(24)23(19)5/h6-12,14,22H,13H2,1-5H3. The molecule has 2 aromatic rings. The minimum Gasteiger partial charge on any atom is -0.315 e. The van der Waals surface area contributed by atoms with Crippen LogP contribution in [0.4, 0.5) is 11.4 Å². The Morgan fingerprint density at radius 1 is 1.07 bits per heavy atom. The molecule has 0 saturated heterocycles. The van der Waals surface area contributed by atoms with Gasteiger partial charge in [0.25, 0.3) is 10.0 Å². The number of carbonyl (C=O) groups is 1. The quantitative estimate of drug-likeness (QED) is 0.854. The van der Waals surface area contributed by atoms with Gasteiger partial charge in [-0.05, 0) is 47.4 Å². The van der Waals surface area contributed by atoms with E-state index in [4.69, 9.17) is 0 Å². The lowest BCUT2D eigenvalue weighted by Crippen LogP contribution is -2.39. The zero-order valence-electron chi connectivity index (χ0n) is 16.4. The van der Waals surface area contributed by atoms with Crippen molar-refractivity contribution in [3.63, 3.8) is 0 Å². The molecule has 3 rings (SSSR count). The number of nitrogens with one attached hydrogen (secondary N) is 1. The Bertz CT molecular complexity index is 977. The number of rotatable bonds is 4. The number of sulfonamides is 1. The highest BCUT2D eigenvalue weighted by Gasteiger charge is 2.36. The number of hydrogen-bond donors (Lipinski definition) is 1. The molecule has 2 aromatic carbocycles. The summed E-state index contributed by atoms with van der Waals surface area (Å²) in [6.07, 6.45) is 0.351. The molecule has 0 saturated carbocycles. The highest BCUT2D eigenvalue weighted by molar-refractivity contribution is 7.92. The Labute approximate surface area is 161 Å². The third-order valence-electron chi connectivity index (χ3n) is 5.17. The maximum atomic E-state index is 12.9. The molecule has 0 radical (unpaired) electrons. The number of nitrogens with zero attached hydrogens (tertiary/aromatic N) is 1. The molecule has 0 atom stereocenters. The van der Waals surface area contributed by atoms with Gasteiger partial charge < -0.3 is 4.90 Å². The predicted octanol–water partition coefficient (Wildman–Crippen LogP) is 4.25. The molecule has 0 fully saturated rings. The zero-order valence-corrected chi connectivity index (χ0v) is 17.2. The molecule has 0 spiro atoms. The fourth-order valence-corrected chi connectivity index (χ4v) is 4.48. The van der Waals surface area contributed by atoms with Crippen LogP contribution in [-0.2, 0) is 20.2 Å². The molecular formula is C21H26N2O3S. The smallest absolute Gasteiger partial charge is 0.261 e. The molecule has 0 aliphatic carbocycles. The van der Waals surface area contributed by atoms with E-state index < -0.39 is 15.4 Å². The van der Waals surface area contributed by atoms with Crippen LogP contribution in [0.5, 0.6) is 0 Å². The van der Waals surface area contributed by atoms with E-state index in [1.165, 1.54) is 0 Å². The van der Waals surface area contributed by atoms with Crippen LogP contribution in [0.2, 0.25) is 0 Å². The first-order valence-electron chi connectivity index (χ1n) is 9.05. The molecule has 1 N–H and O–H groups in total. The minimum atomic E-state index is -3.71. The number of amides is 1. The number of benzene rings is 2. The van der Waals surface area contributed by atoms with Gasteiger partial charge in [0.15, 0.2) is 0 Å². The molecule has 1 amide bonds. The maximum absolute atomic E-state index is 12.9. The lowest BCUT2D eigenvalue weighted by molar-refractivity contribution is -0.119. The van der Waals surface area contributed by atoms with Crippen molar-refractivity contribution in [2.75, 3.05) is 16.7 Å². The van der Waals surface area contributed by atoms with Gasteiger partial charge in [-0.3, -0.25) is 9.52 Å². The van der Waals surface area contributed by atoms with Crippen LogP contribution in [0, 0.1) is 0 Å². The molecule has 27 heavy (non-hydrogen) atoms. The second-order valence-electron chi connectivity index (χ2n) is 8.07. The van der Waals surface area contributed by atoms with Crippen LogP contribution >= 0.6 is 0 Å². The molecule has 1 aliphatic rings. The lowest BCUT2D eigenvalue weighted by atomic mass is 9.77. The Hall–Kier alpha value is -2.34. The molecule has 6 heteroatoms. The van der Waals surface area contributed by atoms with Gasteiger partial charge in [0.1, 0.15) is 0 Å². The highest BCUT2D eigenvalue weighted by atomic mass is 32.2. The van der Waals surface area contributed by atoms with E-state index in [0.717, 1.165) is 16.8 Å². The van der Waals surface area contributed by atoms with Crippen molar-refractivity contribution in [3.8, 4) is 0 Å². The van der Waals surface area contributed by atoms with Crippen molar-refractivity contribution in [3.05, 3.63) is 53.6 Å². The van der Waals surface area contributed by atoms with Gasteiger partial charge in [0, 0.05) is 30.3 Å². The molecular weight excluding hydrogens is 360 g/mol. The molecule has 5 nitrogen and oxygen atoms in total. The van der Waals surface area contributed by atoms with Crippen LogP contribution in [0.25, 0.3) is 0 Å². The van der Waals surface area contributed by atoms with Gasteiger partial charge in [-0.2, -0.15) is 0 Å². The molecule has 144 valence electrons. The average Bonchev–Trinajstić information content (AvgIpc) is 2.59. The summed E-state index contributed by atoms with van der Waals surface area (Å²) in [7, 11) is -1.99. The van der Waals surface area contributed by atoms with Crippen LogP contribution < -0.4 is 9.62 Å². The zero-order chi connectivity index (χ0) is 20.0. The van der Waals surface area contributed by atoms with Crippen LogP contribution in [0.15, 0.2) is 47.4 Å². The average molecular weight is 387 g/mol. The van der Waals surface area contributed by atoms with Gasteiger partial charge in [0.05, 0.1) is 4.90 Å². The summed E-state index contributed by atoms with van der Waals surface area (Å²) in [4.78, 5) is 14.0. The summed E-state index contributed by atoms with van der Waals surface area (Å²) in [5.41, 5.74) is 2.90. The normalized spacial score (nSPS) is 16.4. The minimum absolute atomic E-state index is 0.0338. The predicted molar refractivity (Wildman–Crippen MR) is 109 cm³/mol. The van der Waals surface area contributed by atoms with Gasteiger partial charge >= 0.3 is 0 Å². The van der Waals surface area contributed by atoms with Crippen molar-refractivity contribution in [2.24, 2.45) is 0 Å². The summed E-state index contributed by atoms with van der Waals surface area (Å²) in [5, 5.41) is 0. The number of anilines is 2. The highest BCUT2D eigenvalue weighted by Crippen LogP contribution is 2.40. The molecule has 1 heterocycles. The third-order valence-corrected chi connectivity index (χ3v) is 6.54. The fourth-order valence-electron chi connectivity index (χ4n) is 3.39.